The summed E-state index contributed by atoms with van der Waals surface area (Å²) in [6.07, 6.45) is 4.43. The number of hydrogen-bond acceptors (Lipinski definition) is 3. The number of hydrazine groups is 1. The highest BCUT2D eigenvalue weighted by molar-refractivity contribution is 6.02. The molecule has 1 aliphatic rings. The summed E-state index contributed by atoms with van der Waals surface area (Å²) in [5, 5.41) is 4.57. The highest BCUT2D eigenvalue weighted by Gasteiger charge is 2.40. The third kappa shape index (κ3) is 3.62. The maximum absolute atomic E-state index is 14.0. The van der Waals surface area contributed by atoms with Crippen LogP contribution in [0.15, 0.2) is 85.2 Å². The van der Waals surface area contributed by atoms with E-state index in [1.54, 1.807) is 24.2 Å². The van der Waals surface area contributed by atoms with Crippen molar-refractivity contribution in [2.45, 2.75) is 26.3 Å². The second-order valence-electron chi connectivity index (χ2n) is 9.28. The molecule has 1 aliphatic heterocycles. The van der Waals surface area contributed by atoms with Gasteiger partial charge >= 0.3 is 6.03 Å². The standard InChI is InChI=1S/C30H26FN5O/c1-3-26-23-16-19(21-8-6-14-33-29(21)20-10-12-24(31)18(2)15-20)11-13-27(23)36(30(32)37)35(26)28-17-34-25-9-5-4-7-22(25)28/h4-17,26,34H,3H2,1-2H3,(H2,32,37). The molecule has 6 rings (SSSR count). The van der Waals surface area contributed by atoms with Crippen LogP contribution in [0.1, 0.15) is 30.5 Å². The number of para-hydroxylation sites is 1. The molecule has 0 bridgehead atoms. The predicted octanol–water partition coefficient (Wildman–Crippen LogP) is 7.12. The molecule has 6 nitrogen and oxygen atoms in total. The molecule has 3 heterocycles. The highest BCUT2D eigenvalue weighted by Crippen LogP contribution is 2.47. The Kier molecular flexibility index (Phi) is 5.41. The number of H-pyrrole nitrogens is 1. The summed E-state index contributed by atoms with van der Waals surface area (Å²) in [7, 11) is 0. The zero-order valence-corrected chi connectivity index (χ0v) is 20.6. The molecular formula is C30H26FN5O. The summed E-state index contributed by atoms with van der Waals surface area (Å²) in [5.74, 6) is -0.242. The minimum absolute atomic E-state index is 0.102. The van der Waals surface area contributed by atoms with Gasteiger partial charge in [0.05, 0.1) is 23.1 Å². The Morgan fingerprint density at radius 1 is 1.03 bits per heavy atom. The van der Waals surface area contributed by atoms with Crippen molar-refractivity contribution in [2.75, 3.05) is 10.0 Å². The van der Waals surface area contributed by atoms with E-state index in [0.29, 0.717) is 5.56 Å². The van der Waals surface area contributed by atoms with Gasteiger partial charge in [-0.15, -0.1) is 0 Å². The molecule has 0 fully saturated rings. The fourth-order valence-electron chi connectivity index (χ4n) is 5.37. The lowest BCUT2D eigenvalue weighted by molar-refractivity contribution is 0.253. The Morgan fingerprint density at radius 2 is 1.84 bits per heavy atom. The molecule has 0 saturated carbocycles. The third-order valence-corrected chi connectivity index (χ3v) is 7.09. The number of urea groups is 1. The lowest BCUT2D eigenvalue weighted by Crippen LogP contribution is -2.47. The first-order chi connectivity index (χ1) is 18.0. The molecule has 7 heteroatoms. The Hall–Kier alpha value is -4.65. The molecule has 184 valence electrons. The summed E-state index contributed by atoms with van der Waals surface area (Å²) >= 11 is 0. The van der Waals surface area contributed by atoms with Gasteiger partial charge in [-0.3, -0.25) is 9.99 Å². The van der Waals surface area contributed by atoms with Gasteiger partial charge in [0.1, 0.15) is 5.82 Å². The van der Waals surface area contributed by atoms with E-state index in [1.165, 1.54) is 6.07 Å². The average molecular weight is 492 g/mol. The number of nitrogens with two attached hydrogens (primary N) is 1. The molecule has 37 heavy (non-hydrogen) atoms. The number of hydrogen-bond donors (Lipinski definition) is 2. The number of aryl methyl sites for hydroxylation is 1. The van der Waals surface area contributed by atoms with Crippen LogP contribution in [0.25, 0.3) is 33.3 Å². The van der Waals surface area contributed by atoms with Gasteiger partial charge in [-0.1, -0.05) is 37.3 Å². The molecule has 2 amide bonds. The minimum Gasteiger partial charge on any atom is -0.359 e. The largest absolute Gasteiger partial charge is 0.359 e. The maximum atomic E-state index is 14.0. The topological polar surface area (TPSA) is 78.2 Å². The average Bonchev–Trinajstić information content (AvgIpc) is 3.48. The van der Waals surface area contributed by atoms with Crippen molar-refractivity contribution in [3.8, 4) is 22.4 Å². The van der Waals surface area contributed by atoms with Crippen LogP contribution in [0.3, 0.4) is 0 Å². The highest BCUT2D eigenvalue weighted by atomic mass is 19.1. The zero-order chi connectivity index (χ0) is 25.7. The van der Waals surface area contributed by atoms with Gasteiger partial charge in [-0.25, -0.2) is 14.2 Å². The van der Waals surface area contributed by atoms with E-state index in [2.05, 4.69) is 23.0 Å². The molecule has 3 aromatic carbocycles. The van der Waals surface area contributed by atoms with Crippen molar-refractivity contribution in [1.82, 2.24) is 9.97 Å². The number of nitrogens with one attached hydrogen (secondary N) is 1. The number of anilines is 2. The quantitative estimate of drug-likeness (QED) is 0.281. The van der Waals surface area contributed by atoms with Gasteiger partial charge in [0.2, 0.25) is 0 Å². The van der Waals surface area contributed by atoms with Crippen molar-refractivity contribution in [3.63, 3.8) is 0 Å². The SMILES string of the molecule is CCC1c2cc(-c3cccnc3-c3ccc(F)c(C)c3)ccc2N(C(N)=O)N1c1c[nH]c2ccccc12. The van der Waals surface area contributed by atoms with Crippen LogP contribution in [0, 0.1) is 12.7 Å². The second-order valence-corrected chi connectivity index (χ2v) is 9.28. The summed E-state index contributed by atoms with van der Waals surface area (Å²) < 4.78 is 14.0. The molecule has 5 aromatic rings. The van der Waals surface area contributed by atoms with Gasteiger partial charge < -0.3 is 10.7 Å². The van der Waals surface area contributed by atoms with Gasteiger partial charge in [-0.2, -0.15) is 0 Å². The van der Waals surface area contributed by atoms with Gasteiger partial charge in [0.25, 0.3) is 0 Å². The molecule has 0 saturated heterocycles. The number of nitrogens with zero attached hydrogens (tertiary/aromatic N) is 3. The van der Waals surface area contributed by atoms with E-state index >= 15 is 0 Å². The van der Waals surface area contributed by atoms with E-state index in [1.807, 2.05) is 65.8 Å². The number of amides is 2. The van der Waals surface area contributed by atoms with Crippen LogP contribution in [0.2, 0.25) is 0 Å². The number of carbonyl (C=O) groups is 1. The maximum Gasteiger partial charge on any atom is 0.338 e. The van der Waals surface area contributed by atoms with Crippen molar-refractivity contribution in [2.24, 2.45) is 5.73 Å². The van der Waals surface area contributed by atoms with Crippen LogP contribution < -0.4 is 15.8 Å². The lowest BCUT2D eigenvalue weighted by atomic mass is 9.94. The van der Waals surface area contributed by atoms with Crippen molar-refractivity contribution >= 4 is 28.3 Å². The van der Waals surface area contributed by atoms with Crippen LogP contribution in [-0.4, -0.2) is 16.0 Å². The third-order valence-electron chi connectivity index (χ3n) is 7.09. The fourth-order valence-corrected chi connectivity index (χ4v) is 5.37. The number of primary amides is 1. The number of rotatable bonds is 4. The van der Waals surface area contributed by atoms with Crippen molar-refractivity contribution in [1.29, 1.82) is 0 Å². The number of halogens is 1. The smallest absolute Gasteiger partial charge is 0.338 e. The summed E-state index contributed by atoms with van der Waals surface area (Å²) in [4.78, 5) is 20.7. The zero-order valence-electron chi connectivity index (χ0n) is 20.6. The molecule has 1 unspecified atom stereocenters. The van der Waals surface area contributed by atoms with E-state index < -0.39 is 6.03 Å². The van der Waals surface area contributed by atoms with Gasteiger partial charge in [0, 0.05) is 40.0 Å². The van der Waals surface area contributed by atoms with E-state index in [4.69, 9.17) is 5.73 Å². The van der Waals surface area contributed by atoms with Crippen LogP contribution in [0.5, 0.6) is 0 Å². The van der Waals surface area contributed by atoms with E-state index in [0.717, 1.165) is 56.6 Å². The molecule has 3 N–H and O–H groups in total. The van der Waals surface area contributed by atoms with Crippen LogP contribution in [0.4, 0.5) is 20.6 Å². The van der Waals surface area contributed by atoms with Crippen LogP contribution >= 0.6 is 0 Å². The lowest BCUT2D eigenvalue weighted by Gasteiger charge is -2.32. The summed E-state index contributed by atoms with van der Waals surface area (Å²) in [6, 6.07) is 22.4. The number of benzene rings is 3. The van der Waals surface area contributed by atoms with Gasteiger partial charge in [0.15, 0.2) is 0 Å². The minimum atomic E-state index is -0.543. The monoisotopic (exact) mass is 491 g/mol. The van der Waals surface area contributed by atoms with Gasteiger partial charge in [-0.05, 0) is 66.9 Å². The normalized spacial score (nSPS) is 14.8. The predicted molar refractivity (Wildman–Crippen MR) is 146 cm³/mol. The molecular weight excluding hydrogens is 465 g/mol. The first-order valence-corrected chi connectivity index (χ1v) is 12.3. The number of aromatic nitrogens is 2. The number of fused-ring (bicyclic) bond motifs is 2. The van der Waals surface area contributed by atoms with Crippen LogP contribution in [-0.2, 0) is 0 Å². The van der Waals surface area contributed by atoms with E-state index in [9.17, 15) is 9.18 Å². The fraction of sp³-hybridized carbons (Fsp3) is 0.133. The Balaban J connectivity index is 1.50. The Labute approximate surface area is 214 Å². The Bertz CT molecular complexity index is 1660. The van der Waals surface area contributed by atoms with E-state index in [-0.39, 0.29) is 11.9 Å². The molecule has 1 atom stereocenters. The number of aromatic amines is 1. The van der Waals surface area contributed by atoms with Crippen molar-refractivity contribution in [3.05, 3.63) is 102 Å². The summed E-state index contributed by atoms with van der Waals surface area (Å²) in [5.41, 5.74) is 13.7. The first-order valence-electron chi connectivity index (χ1n) is 12.3. The molecule has 0 aliphatic carbocycles. The molecule has 0 radical (unpaired) electrons. The Morgan fingerprint density at radius 3 is 2.62 bits per heavy atom. The first kappa shape index (κ1) is 22.8. The molecule has 2 aromatic heterocycles. The number of carbonyl (C=O) groups excluding carboxylic acids is 1. The summed E-state index contributed by atoms with van der Waals surface area (Å²) in [6.45, 7) is 3.85. The number of pyridine rings is 1. The second kappa shape index (κ2) is 8.78. The van der Waals surface area contributed by atoms with Crippen molar-refractivity contribution < 1.29 is 9.18 Å². The molecule has 0 spiro atoms.